The standard InChI is InChI=1S/C18H16ClN5O2/c1-11-20-17(23-24(11)16-9-3-13(19)4-10-16)18(26)22-15-7-5-14(6-8-15)21-12(2)25/h3-10H,1-2H3,(H,21,25)(H,22,26). The molecule has 0 aliphatic rings. The summed E-state index contributed by atoms with van der Waals surface area (Å²) in [5.41, 5.74) is 1.99. The predicted molar refractivity (Wildman–Crippen MR) is 99.8 cm³/mol. The summed E-state index contributed by atoms with van der Waals surface area (Å²) in [4.78, 5) is 27.6. The van der Waals surface area contributed by atoms with Gasteiger partial charge in [0.1, 0.15) is 5.82 Å². The van der Waals surface area contributed by atoms with Gasteiger partial charge >= 0.3 is 0 Å². The van der Waals surface area contributed by atoms with Crippen molar-refractivity contribution < 1.29 is 9.59 Å². The summed E-state index contributed by atoms with van der Waals surface area (Å²) in [5, 5.41) is 10.3. The summed E-state index contributed by atoms with van der Waals surface area (Å²) in [5.74, 6) is 0.0594. The van der Waals surface area contributed by atoms with E-state index in [0.29, 0.717) is 22.2 Å². The fraction of sp³-hybridized carbons (Fsp3) is 0.111. The van der Waals surface area contributed by atoms with Gasteiger partial charge < -0.3 is 10.6 Å². The molecule has 0 aliphatic carbocycles. The summed E-state index contributed by atoms with van der Waals surface area (Å²) in [6.07, 6.45) is 0. The van der Waals surface area contributed by atoms with Crippen molar-refractivity contribution in [2.45, 2.75) is 13.8 Å². The molecule has 2 aromatic carbocycles. The number of nitrogens with zero attached hydrogens (tertiary/aromatic N) is 3. The van der Waals surface area contributed by atoms with Crippen molar-refractivity contribution in [3.63, 3.8) is 0 Å². The van der Waals surface area contributed by atoms with Gasteiger partial charge in [0, 0.05) is 23.3 Å². The molecule has 8 heteroatoms. The number of aryl methyl sites for hydroxylation is 1. The van der Waals surface area contributed by atoms with Crippen LogP contribution in [0.4, 0.5) is 11.4 Å². The molecule has 0 spiro atoms. The molecule has 3 aromatic rings. The van der Waals surface area contributed by atoms with E-state index in [1.54, 1.807) is 60.1 Å². The maximum absolute atomic E-state index is 12.4. The van der Waals surface area contributed by atoms with Gasteiger partial charge in [0.25, 0.3) is 5.91 Å². The minimum Gasteiger partial charge on any atom is -0.326 e. The maximum atomic E-state index is 12.4. The number of benzene rings is 2. The number of anilines is 2. The Labute approximate surface area is 155 Å². The van der Waals surface area contributed by atoms with E-state index in [-0.39, 0.29) is 11.7 Å². The molecule has 0 unspecified atom stereocenters. The zero-order valence-corrected chi connectivity index (χ0v) is 14.9. The smallest absolute Gasteiger partial charge is 0.295 e. The third-order valence-electron chi connectivity index (χ3n) is 3.51. The topological polar surface area (TPSA) is 88.9 Å². The number of aromatic nitrogens is 3. The molecule has 0 radical (unpaired) electrons. The van der Waals surface area contributed by atoms with Gasteiger partial charge in [0.15, 0.2) is 0 Å². The minimum absolute atomic E-state index is 0.0587. The van der Waals surface area contributed by atoms with E-state index >= 15 is 0 Å². The summed E-state index contributed by atoms with van der Waals surface area (Å²) >= 11 is 5.89. The monoisotopic (exact) mass is 369 g/mol. The van der Waals surface area contributed by atoms with Crippen molar-refractivity contribution in [2.24, 2.45) is 0 Å². The SMILES string of the molecule is CC(=O)Nc1ccc(NC(=O)c2nc(C)n(-c3ccc(Cl)cc3)n2)cc1. The molecule has 0 fully saturated rings. The highest BCUT2D eigenvalue weighted by molar-refractivity contribution is 6.30. The first-order valence-corrected chi connectivity index (χ1v) is 8.19. The van der Waals surface area contributed by atoms with Gasteiger partial charge in [-0.1, -0.05) is 11.6 Å². The van der Waals surface area contributed by atoms with Gasteiger partial charge in [-0.25, -0.2) is 9.67 Å². The Kier molecular flexibility index (Phi) is 4.99. The van der Waals surface area contributed by atoms with Crippen molar-refractivity contribution in [1.29, 1.82) is 0 Å². The predicted octanol–water partition coefficient (Wildman–Crippen LogP) is 3.44. The van der Waals surface area contributed by atoms with Gasteiger partial charge in [0.2, 0.25) is 11.7 Å². The zero-order valence-electron chi connectivity index (χ0n) is 14.2. The Morgan fingerprint density at radius 1 is 0.962 bits per heavy atom. The third kappa shape index (κ3) is 4.07. The summed E-state index contributed by atoms with van der Waals surface area (Å²) in [6.45, 7) is 3.20. The molecule has 0 bridgehead atoms. The van der Waals surface area contributed by atoms with Gasteiger partial charge in [-0.2, -0.15) is 0 Å². The number of rotatable bonds is 4. The molecule has 0 aliphatic heterocycles. The molecule has 0 atom stereocenters. The molecule has 2 amide bonds. The summed E-state index contributed by atoms with van der Waals surface area (Å²) < 4.78 is 1.57. The van der Waals surface area contributed by atoms with E-state index in [4.69, 9.17) is 11.6 Å². The lowest BCUT2D eigenvalue weighted by atomic mass is 10.2. The number of amides is 2. The largest absolute Gasteiger partial charge is 0.326 e. The number of hydrogen-bond donors (Lipinski definition) is 2. The average molecular weight is 370 g/mol. The number of carbonyl (C=O) groups is 2. The zero-order chi connectivity index (χ0) is 18.7. The highest BCUT2D eigenvalue weighted by Gasteiger charge is 2.15. The first-order valence-electron chi connectivity index (χ1n) is 7.81. The molecule has 0 saturated carbocycles. The molecular weight excluding hydrogens is 354 g/mol. The van der Waals surface area contributed by atoms with Crippen LogP contribution in [0.1, 0.15) is 23.4 Å². The van der Waals surface area contributed by atoms with Crippen molar-refractivity contribution in [1.82, 2.24) is 14.8 Å². The van der Waals surface area contributed by atoms with Crippen LogP contribution in [0.5, 0.6) is 0 Å². The average Bonchev–Trinajstić information content (AvgIpc) is 2.99. The Balaban J connectivity index is 1.75. The molecule has 1 heterocycles. The summed E-state index contributed by atoms with van der Waals surface area (Å²) in [7, 11) is 0. The molecule has 3 rings (SSSR count). The Morgan fingerprint density at radius 3 is 2.12 bits per heavy atom. The first kappa shape index (κ1) is 17.6. The molecule has 2 N–H and O–H groups in total. The highest BCUT2D eigenvalue weighted by atomic mass is 35.5. The molecule has 7 nitrogen and oxygen atoms in total. The van der Waals surface area contributed by atoms with E-state index < -0.39 is 5.91 Å². The fourth-order valence-electron chi connectivity index (χ4n) is 2.34. The number of carbonyl (C=O) groups excluding carboxylic acids is 2. The van der Waals surface area contributed by atoms with Crippen LogP contribution < -0.4 is 10.6 Å². The van der Waals surface area contributed by atoms with E-state index in [9.17, 15) is 9.59 Å². The van der Waals surface area contributed by atoms with E-state index in [0.717, 1.165) is 5.69 Å². The lowest BCUT2D eigenvalue weighted by Gasteiger charge is -2.05. The van der Waals surface area contributed by atoms with Crippen molar-refractivity contribution in [2.75, 3.05) is 10.6 Å². The third-order valence-corrected chi connectivity index (χ3v) is 3.76. The van der Waals surface area contributed by atoms with Crippen LogP contribution in [0.25, 0.3) is 5.69 Å². The van der Waals surface area contributed by atoms with Crippen molar-refractivity contribution in [3.8, 4) is 5.69 Å². The maximum Gasteiger partial charge on any atom is 0.295 e. The van der Waals surface area contributed by atoms with Gasteiger partial charge in [0.05, 0.1) is 5.69 Å². The molecular formula is C18H16ClN5O2. The van der Waals surface area contributed by atoms with Gasteiger partial charge in [-0.3, -0.25) is 9.59 Å². The van der Waals surface area contributed by atoms with Crippen molar-refractivity contribution >= 4 is 34.8 Å². The van der Waals surface area contributed by atoms with E-state index in [2.05, 4.69) is 20.7 Å². The lowest BCUT2D eigenvalue weighted by molar-refractivity contribution is -0.114. The van der Waals surface area contributed by atoms with Crippen LogP contribution >= 0.6 is 11.6 Å². The van der Waals surface area contributed by atoms with E-state index in [1.807, 2.05) is 0 Å². The van der Waals surface area contributed by atoms with Crippen LogP contribution in [0.15, 0.2) is 48.5 Å². The van der Waals surface area contributed by atoms with Crippen LogP contribution in [-0.4, -0.2) is 26.6 Å². The van der Waals surface area contributed by atoms with Gasteiger partial charge in [-0.05, 0) is 55.5 Å². The second-order valence-corrected chi connectivity index (χ2v) is 6.02. The lowest BCUT2D eigenvalue weighted by Crippen LogP contribution is -2.14. The second-order valence-electron chi connectivity index (χ2n) is 5.58. The Bertz CT molecular complexity index is 949. The van der Waals surface area contributed by atoms with Crippen LogP contribution in [0.2, 0.25) is 5.02 Å². The quantitative estimate of drug-likeness (QED) is 0.737. The Hall–Kier alpha value is -3.19. The summed E-state index contributed by atoms with van der Waals surface area (Å²) in [6, 6.07) is 13.9. The highest BCUT2D eigenvalue weighted by Crippen LogP contribution is 2.16. The normalized spacial score (nSPS) is 10.4. The number of hydrogen-bond acceptors (Lipinski definition) is 4. The van der Waals surface area contributed by atoms with Crippen LogP contribution in [-0.2, 0) is 4.79 Å². The second kappa shape index (κ2) is 7.37. The number of halogens is 1. The van der Waals surface area contributed by atoms with Crippen LogP contribution in [0.3, 0.4) is 0 Å². The van der Waals surface area contributed by atoms with Crippen LogP contribution in [0, 0.1) is 6.92 Å². The van der Waals surface area contributed by atoms with Gasteiger partial charge in [-0.15, -0.1) is 5.10 Å². The minimum atomic E-state index is -0.423. The fourth-order valence-corrected chi connectivity index (χ4v) is 2.47. The Morgan fingerprint density at radius 2 is 1.54 bits per heavy atom. The van der Waals surface area contributed by atoms with E-state index in [1.165, 1.54) is 6.92 Å². The molecule has 0 saturated heterocycles. The molecule has 26 heavy (non-hydrogen) atoms. The first-order chi connectivity index (χ1) is 12.4. The molecule has 1 aromatic heterocycles. The molecule has 132 valence electrons. The van der Waals surface area contributed by atoms with Crippen molar-refractivity contribution in [3.05, 3.63) is 65.2 Å². The number of nitrogens with one attached hydrogen (secondary N) is 2.